The van der Waals surface area contributed by atoms with Crippen LogP contribution in [-0.4, -0.2) is 42.1 Å². The van der Waals surface area contributed by atoms with E-state index in [4.69, 9.17) is 5.10 Å². The molecule has 4 rings (SSSR count). The number of nitrogens with one attached hydrogen (secondary N) is 1. The van der Waals surface area contributed by atoms with Gasteiger partial charge in [-0.1, -0.05) is 0 Å². The van der Waals surface area contributed by atoms with Gasteiger partial charge < -0.3 is 9.88 Å². The maximum absolute atomic E-state index is 12.9. The second-order valence-corrected chi connectivity index (χ2v) is 6.19. The number of imidazole rings is 1. The zero-order valence-corrected chi connectivity index (χ0v) is 14.4. The van der Waals surface area contributed by atoms with E-state index >= 15 is 0 Å². The van der Waals surface area contributed by atoms with E-state index in [1.807, 2.05) is 22.6 Å². The third-order valence-corrected chi connectivity index (χ3v) is 4.59. The first kappa shape index (κ1) is 15.6. The Kier molecular flexibility index (Phi) is 3.83. The number of hydrogen-bond donors (Lipinski definition) is 1. The van der Waals surface area contributed by atoms with E-state index < -0.39 is 0 Å². The van der Waals surface area contributed by atoms with Crippen LogP contribution in [0.25, 0.3) is 11.5 Å². The number of carbonyl (C=O) groups is 1. The van der Waals surface area contributed by atoms with Crippen molar-refractivity contribution in [3.05, 3.63) is 53.2 Å². The van der Waals surface area contributed by atoms with Gasteiger partial charge in [-0.25, -0.2) is 4.98 Å². The molecule has 0 saturated heterocycles. The number of aromatic amines is 1. The third kappa shape index (κ3) is 2.71. The van der Waals surface area contributed by atoms with Crippen molar-refractivity contribution in [1.82, 2.24) is 29.6 Å². The zero-order chi connectivity index (χ0) is 17.4. The summed E-state index contributed by atoms with van der Waals surface area (Å²) in [4.78, 5) is 26.4. The molecule has 0 fully saturated rings. The SMILES string of the molecule is CCn1nc(-c2ncc[nH]2)c2c1CCN(C(=O)c1ccnc(C)c1)C2. The fourth-order valence-corrected chi connectivity index (χ4v) is 3.37. The van der Waals surface area contributed by atoms with Gasteiger partial charge in [0.2, 0.25) is 0 Å². The molecule has 1 N–H and O–H groups in total. The van der Waals surface area contributed by atoms with Crippen molar-refractivity contribution >= 4 is 5.91 Å². The van der Waals surface area contributed by atoms with Crippen molar-refractivity contribution in [2.24, 2.45) is 0 Å². The van der Waals surface area contributed by atoms with Gasteiger partial charge >= 0.3 is 0 Å². The summed E-state index contributed by atoms with van der Waals surface area (Å²) in [6.45, 7) is 6.02. The molecule has 0 aliphatic carbocycles. The quantitative estimate of drug-likeness (QED) is 0.795. The van der Waals surface area contributed by atoms with Crippen LogP contribution in [0.15, 0.2) is 30.7 Å². The normalized spacial score (nSPS) is 13.8. The van der Waals surface area contributed by atoms with Crippen LogP contribution < -0.4 is 0 Å². The number of pyridine rings is 1. The molecule has 0 spiro atoms. The number of fused-ring (bicyclic) bond motifs is 1. The van der Waals surface area contributed by atoms with E-state index in [0.29, 0.717) is 18.7 Å². The lowest BCUT2D eigenvalue weighted by Gasteiger charge is -2.28. The highest BCUT2D eigenvalue weighted by molar-refractivity contribution is 5.94. The lowest BCUT2D eigenvalue weighted by Crippen LogP contribution is -2.36. The van der Waals surface area contributed by atoms with Crippen molar-refractivity contribution in [2.45, 2.75) is 33.4 Å². The molecule has 4 heterocycles. The van der Waals surface area contributed by atoms with Crippen molar-refractivity contribution in [2.75, 3.05) is 6.54 Å². The molecule has 1 aliphatic heterocycles. The molecule has 1 aliphatic rings. The molecule has 0 atom stereocenters. The van der Waals surface area contributed by atoms with Gasteiger partial charge in [0, 0.05) is 60.6 Å². The number of rotatable bonds is 3. The van der Waals surface area contributed by atoms with Crippen molar-refractivity contribution in [3.8, 4) is 11.5 Å². The average Bonchev–Trinajstić information content (AvgIpc) is 3.27. The third-order valence-electron chi connectivity index (χ3n) is 4.59. The number of H-pyrrole nitrogens is 1. The van der Waals surface area contributed by atoms with Crippen LogP contribution in [0.3, 0.4) is 0 Å². The van der Waals surface area contributed by atoms with Gasteiger partial charge in [-0.05, 0) is 26.0 Å². The Labute approximate surface area is 145 Å². The standard InChI is InChI=1S/C18H20N6O/c1-3-24-15-5-9-23(18(25)13-4-6-19-12(2)10-13)11-14(15)16(22-24)17-20-7-8-21-17/h4,6-8,10H,3,5,9,11H2,1-2H3,(H,20,21). The number of hydrogen-bond acceptors (Lipinski definition) is 4. The molecule has 0 unspecified atom stereocenters. The van der Waals surface area contributed by atoms with E-state index in [1.54, 1.807) is 24.7 Å². The van der Waals surface area contributed by atoms with E-state index in [1.165, 1.54) is 5.69 Å². The van der Waals surface area contributed by atoms with Crippen LogP contribution >= 0.6 is 0 Å². The van der Waals surface area contributed by atoms with Gasteiger partial charge in [-0.3, -0.25) is 14.5 Å². The van der Waals surface area contributed by atoms with E-state index in [2.05, 4.69) is 21.9 Å². The first-order valence-electron chi connectivity index (χ1n) is 8.47. The van der Waals surface area contributed by atoms with Gasteiger partial charge in [0.05, 0.1) is 6.54 Å². The summed E-state index contributed by atoms with van der Waals surface area (Å²) in [5.41, 5.74) is 4.65. The molecule has 0 radical (unpaired) electrons. The second kappa shape index (κ2) is 6.16. The summed E-state index contributed by atoms with van der Waals surface area (Å²) in [6, 6.07) is 3.61. The number of amides is 1. The van der Waals surface area contributed by atoms with Crippen molar-refractivity contribution in [1.29, 1.82) is 0 Å². The van der Waals surface area contributed by atoms with Gasteiger partial charge in [-0.15, -0.1) is 0 Å². The molecular formula is C18H20N6O. The lowest BCUT2D eigenvalue weighted by atomic mass is 10.0. The Morgan fingerprint density at radius 2 is 2.20 bits per heavy atom. The maximum atomic E-state index is 12.9. The molecule has 0 aromatic carbocycles. The minimum atomic E-state index is 0.0331. The fourth-order valence-electron chi connectivity index (χ4n) is 3.37. The zero-order valence-electron chi connectivity index (χ0n) is 14.4. The number of aryl methyl sites for hydroxylation is 2. The Balaban J connectivity index is 1.69. The number of nitrogens with zero attached hydrogens (tertiary/aromatic N) is 5. The molecule has 7 nitrogen and oxygen atoms in total. The molecule has 0 bridgehead atoms. The Bertz CT molecular complexity index is 912. The minimum Gasteiger partial charge on any atom is -0.343 e. The summed E-state index contributed by atoms with van der Waals surface area (Å²) >= 11 is 0. The smallest absolute Gasteiger partial charge is 0.254 e. The molecule has 7 heteroatoms. The minimum absolute atomic E-state index is 0.0331. The molecule has 25 heavy (non-hydrogen) atoms. The van der Waals surface area contributed by atoms with Crippen LogP contribution in [0.1, 0.15) is 34.2 Å². The van der Waals surface area contributed by atoms with Gasteiger partial charge in [0.25, 0.3) is 5.91 Å². The summed E-state index contributed by atoms with van der Waals surface area (Å²) < 4.78 is 2.02. The summed E-state index contributed by atoms with van der Waals surface area (Å²) in [6.07, 6.45) is 5.99. The van der Waals surface area contributed by atoms with E-state index in [-0.39, 0.29) is 5.91 Å². The Morgan fingerprint density at radius 3 is 2.92 bits per heavy atom. The topological polar surface area (TPSA) is 79.7 Å². The largest absolute Gasteiger partial charge is 0.343 e. The van der Waals surface area contributed by atoms with Crippen LogP contribution in [0, 0.1) is 6.92 Å². The van der Waals surface area contributed by atoms with Crippen LogP contribution in [0.5, 0.6) is 0 Å². The Morgan fingerprint density at radius 1 is 1.32 bits per heavy atom. The number of carbonyl (C=O) groups excluding carboxylic acids is 1. The molecule has 1 amide bonds. The summed E-state index contributed by atoms with van der Waals surface area (Å²) in [5, 5.41) is 4.71. The van der Waals surface area contributed by atoms with E-state index in [0.717, 1.165) is 35.7 Å². The molecule has 0 saturated carbocycles. The van der Waals surface area contributed by atoms with Crippen LogP contribution in [0.4, 0.5) is 0 Å². The maximum Gasteiger partial charge on any atom is 0.254 e. The first-order chi connectivity index (χ1) is 12.2. The van der Waals surface area contributed by atoms with Gasteiger partial charge in [-0.2, -0.15) is 5.10 Å². The summed E-state index contributed by atoms with van der Waals surface area (Å²) in [7, 11) is 0. The average molecular weight is 336 g/mol. The molecule has 3 aromatic rings. The number of aromatic nitrogens is 5. The van der Waals surface area contributed by atoms with Gasteiger partial charge in [0.15, 0.2) is 5.82 Å². The van der Waals surface area contributed by atoms with Crippen LogP contribution in [0.2, 0.25) is 0 Å². The monoisotopic (exact) mass is 336 g/mol. The highest BCUT2D eigenvalue weighted by Gasteiger charge is 2.29. The molecule has 128 valence electrons. The second-order valence-electron chi connectivity index (χ2n) is 6.19. The predicted molar refractivity (Wildman–Crippen MR) is 92.9 cm³/mol. The molecule has 3 aromatic heterocycles. The molecular weight excluding hydrogens is 316 g/mol. The van der Waals surface area contributed by atoms with E-state index in [9.17, 15) is 4.79 Å². The van der Waals surface area contributed by atoms with Crippen LogP contribution in [-0.2, 0) is 19.5 Å². The Hall–Kier alpha value is -2.96. The summed E-state index contributed by atoms with van der Waals surface area (Å²) in [5.74, 6) is 0.781. The lowest BCUT2D eigenvalue weighted by molar-refractivity contribution is 0.0733. The highest BCUT2D eigenvalue weighted by atomic mass is 16.2. The van der Waals surface area contributed by atoms with Gasteiger partial charge in [0.1, 0.15) is 5.69 Å². The van der Waals surface area contributed by atoms with Crippen molar-refractivity contribution < 1.29 is 4.79 Å². The van der Waals surface area contributed by atoms with Crippen molar-refractivity contribution in [3.63, 3.8) is 0 Å². The first-order valence-corrected chi connectivity index (χ1v) is 8.47. The highest BCUT2D eigenvalue weighted by Crippen LogP contribution is 2.29. The predicted octanol–water partition coefficient (Wildman–Crippen LogP) is 2.20. The fraction of sp³-hybridized carbons (Fsp3) is 0.333.